The Morgan fingerprint density at radius 2 is 1.87 bits per heavy atom. The molecule has 3 nitrogen and oxygen atoms in total. The van der Waals surface area contributed by atoms with Crippen molar-refractivity contribution in [3.05, 3.63) is 70.8 Å². The predicted octanol–water partition coefficient (Wildman–Crippen LogP) is 3.56. The molecule has 118 valence electrons. The van der Waals surface area contributed by atoms with Gasteiger partial charge in [-0.3, -0.25) is 5.43 Å². The molecular weight excluding hydrogens is 302 g/mol. The Kier molecular flexibility index (Phi) is 5.03. The van der Waals surface area contributed by atoms with Crippen molar-refractivity contribution in [2.24, 2.45) is 5.10 Å². The van der Waals surface area contributed by atoms with Crippen LogP contribution >= 0.6 is 12.2 Å². The molecule has 0 saturated carbocycles. The summed E-state index contributed by atoms with van der Waals surface area (Å²) in [4.78, 5) is 0. The Morgan fingerprint density at radius 3 is 2.70 bits per heavy atom. The minimum absolute atomic E-state index is 0.536. The van der Waals surface area contributed by atoms with Crippen LogP contribution in [-0.2, 0) is 19.4 Å². The van der Waals surface area contributed by atoms with E-state index in [1.165, 1.54) is 36.0 Å². The smallest absolute Gasteiger partial charge is 0.187 e. The molecule has 1 aliphatic carbocycles. The quantitative estimate of drug-likeness (QED) is 0.513. The fraction of sp³-hybridized carbons (Fsp3) is 0.263. The van der Waals surface area contributed by atoms with Gasteiger partial charge < -0.3 is 5.32 Å². The first-order valence-electron chi connectivity index (χ1n) is 7.96. The van der Waals surface area contributed by atoms with Gasteiger partial charge in [0, 0.05) is 6.54 Å². The molecule has 3 rings (SSSR count). The highest BCUT2D eigenvalue weighted by Crippen LogP contribution is 2.23. The zero-order valence-electron chi connectivity index (χ0n) is 13.3. The Hall–Kier alpha value is -2.20. The van der Waals surface area contributed by atoms with Gasteiger partial charge in [0.1, 0.15) is 0 Å². The Morgan fingerprint density at radius 1 is 1.09 bits per heavy atom. The fourth-order valence-corrected chi connectivity index (χ4v) is 2.93. The number of hydrogen-bond donors (Lipinski definition) is 2. The molecule has 0 aromatic heterocycles. The van der Waals surface area contributed by atoms with E-state index in [1.807, 2.05) is 25.1 Å². The van der Waals surface area contributed by atoms with Crippen molar-refractivity contribution in [3.8, 4) is 0 Å². The molecule has 0 aliphatic heterocycles. The summed E-state index contributed by atoms with van der Waals surface area (Å²) in [6.45, 7) is 2.70. The zero-order valence-corrected chi connectivity index (χ0v) is 14.1. The maximum absolute atomic E-state index is 5.27. The lowest BCUT2D eigenvalue weighted by Gasteiger charge is -2.09. The number of hydrogen-bond acceptors (Lipinski definition) is 2. The summed E-state index contributed by atoms with van der Waals surface area (Å²) in [5.41, 5.74) is 9.16. The van der Waals surface area contributed by atoms with E-state index in [9.17, 15) is 0 Å². The van der Waals surface area contributed by atoms with Crippen LogP contribution in [0, 0.1) is 0 Å². The first kappa shape index (κ1) is 15.7. The third-order valence-corrected chi connectivity index (χ3v) is 4.37. The molecule has 0 radical (unpaired) electrons. The lowest BCUT2D eigenvalue weighted by atomic mass is 10.0. The lowest BCUT2D eigenvalue weighted by Crippen LogP contribution is -2.32. The van der Waals surface area contributed by atoms with Crippen LogP contribution in [0.1, 0.15) is 35.6 Å². The Bertz CT molecular complexity index is 723. The molecule has 1 aliphatic rings. The van der Waals surface area contributed by atoms with Crippen LogP contribution in [0.15, 0.2) is 53.6 Å². The summed E-state index contributed by atoms with van der Waals surface area (Å²) < 4.78 is 0. The van der Waals surface area contributed by atoms with E-state index in [4.69, 9.17) is 12.2 Å². The van der Waals surface area contributed by atoms with Crippen molar-refractivity contribution < 1.29 is 0 Å². The van der Waals surface area contributed by atoms with Gasteiger partial charge in [-0.2, -0.15) is 5.10 Å². The van der Waals surface area contributed by atoms with Crippen LogP contribution in [-0.4, -0.2) is 10.8 Å². The Balaban J connectivity index is 1.55. The molecule has 0 bridgehead atoms. The lowest BCUT2D eigenvalue weighted by molar-refractivity contribution is 0.866. The summed E-state index contributed by atoms with van der Waals surface area (Å²) in [6, 6.07) is 16.8. The highest BCUT2D eigenvalue weighted by Gasteiger charge is 2.11. The first-order valence-corrected chi connectivity index (χ1v) is 8.37. The first-order chi connectivity index (χ1) is 11.2. The minimum atomic E-state index is 0.536. The summed E-state index contributed by atoms with van der Waals surface area (Å²) in [7, 11) is 0. The second kappa shape index (κ2) is 7.38. The van der Waals surface area contributed by atoms with Gasteiger partial charge in [0.25, 0.3) is 0 Å². The second-order valence-corrected chi connectivity index (χ2v) is 6.22. The van der Waals surface area contributed by atoms with Crippen molar-refractivity contribution in [2.45, 2.75) is 32.7 Å². The van der Waals surface area contributed by atoms with Crippen LogP contribution in [0.5, 0.6) is 0 Å². The normalized spacial score (nSPS) is 13.5. The SMILES string of the molecule is C/C(=N/NC(=S)NCc1ccccc1)c1ccc2c(c1)CCC2. The number of rotatable bonds is 4. The van der Waals surface area contributed by atoms with Crippen molar-refractivity contribution in [3.63, 3.8) is 0 Å². The van der Waals surface area contributed by atoms with Gasteiger partial charge in [-0.15, -0.1) is 0 Å². The van der Waals surface area contributed by atoms with E-state index in [0.717, 1.165) is 11.3 Å². The van der Waals surface area contributed by atoms with E-state index in [-0.39, 0.29) is 0 Å². The number of nitrogens with one attached hydrogen (secondary N) is 2. The topological polar surface area (TPSA) is 36.4 Å². The van der Waals surface area contributed by atoms with Gasteiger partial charge >= 0.3 is 0 Å². The van der Waals surface area contributed by atoms with E-state index >= 15 is 0 Å². The van der Waals surface area contributed by atoms with Crippen LogP contribution in [0.4, 0.5) is 0 Å². The van der Waals surface area contributed by atoms with Gasteiger partial charge in [0.15, 0.2) is 5.11 Å². The number of benzene rings is 2. The molecule has 0 heterocycles. The summed E-state index contributed by atoms with van der Waals surface area (Å²) in [5, 5.41) is 8.09. The van der Waals surface area contributed by atoms with Crippen LogP contribution in [0.3, 0.4) is 0 Å². The van der Waals surface area contributed by atoms with Crippen LogP contribution in [0.2, 0.25) is 0 Å². The third kappa shape index (κ3) is 4.17. The number of hydrazone groups is 1. The molecule has 23 heavy (non-hydrogen) atoms. The van der Waals surface area contributed by atoms with Crippen molar-refractivity contribution in [1.82, 2.24) is 10.7 Å². The van der Waals surface area contributed by atoms with Gasteiger partial charge in [-0.05, 0) is 66.7 Å². The zero-order chi connectivity index (χ0) is 16.1. The maximum Gasteiger partial charge on any atom is 0.187 e. The number of thiocarbonyl (C=S) groups is 1. The van der Waals surface area contributed by atoms with Gasteiger partial charge in [-0.1, -0.05) is 42.5 Å². The molecule has 0 saturated heterocycles. The van der Waals surface area contributed by atoms with Crippen molar-refractivity contribution >= 4 is 23.0 Å². The van der Waals surface area contributed by atoms with Crippen molar-refractivity contribution in [1.29, 1.82) is 0 Å². The van der Waals surface area contributed by atoms with Crippen LogP contribution < -0.4 is 10.7 Å². The van der Waals surface area contributed by atoms with Gasteiger partial charge in [0.05, 0.1) is 5.71 Å². The number of aryl methyl sites for hydroxylation is 2. The monoisotopic (exact) mass is 323 g/mol. The third-order valence-electron chi connectivity index (χ3n) is 4.14. The van der Waals surface area contributed by atoms with Gasteiger partial charge in [-0.25, -0.2) is 0 Å². The molecule has 2 aromatic rings. The number of nitrogens with zero attached hydrogens (tertiary/aromatic N) is 1. The summed E-state index contributed by atoms with van der Waals surface area (Å²) in [6.07, 6.45) is 3.65. The van der Waals surface area contributed by atoms with E-state index in [0.29, 0.717) is 11.7 Å². The highest BCUT2D eigenvalue weighted by atomic mass is 32.1. The average Bonchev–Trinajstić information content (AvgIpc) is 3.06. The number of fused-ring (bicyclic) bond motifs is 1. The van der Waals surface area contributed by atoms with Crippen molar-refractivity contribution in [2.75, 3.05) is 0 Å². The van der Waals surface area contributed by atoms with E-state index in [2.05, 4.69) is 46.2 Å². The molecule has 2 aromatic carbocycles. The molecular formula is C19H21N3S. The van der Waals surface area contributed by atoms with Gasteiger partial charge in [0.2, 0.25) is 0 Å². The minimum Gasteiger partial charge on any atom is -0.357 e. The molecule has 0 spiro atoms. The average molecular weight is 323 g/mol. The van der Waals surface area contributed by atoms with E-state index in [1.54, 1.807) is 0 Å². The second-order valence-electron chi connectivity index (χ2n) is 5.81. The summed E-state index contributed by atoms with van der Waals surface area (Å²) in [5.74, 6) is 0. The van der Waals surface area contributed by atoms with E-state index < -0.39 is 0 Å². The highest BCUT2D eigenvalue weighted by molar-refractivity contribution is 7.80. The standard InChI is InChI=1S/C19H21N3S/c1-14(17-11-10-16-8-5-9-18(16)12-17)21-22-19(23)20-13-15-6-3-2-4-7-15/h2-4,6-7,10-12H,5,8-9,13H2,1H3,(H2,20,22,23)/b21-14-. The molecule has 4 heteroatoms. The molecule has 0 fully saturated rings. The Labute approximate surface area is 142 Å². The molecule has 2 N–H and O–H groups in total. The fourth-order valence-electron chi connectivity index (χ4n) is 2.81. The summed E-state index contributed by atoms with van der Waals surface area (Å²) >= 11 is 5.27. The van der Waals surface area contributed by atoms with Crippen LogP contribution in [0.25, 0.3) is 0 Å². The largest absolute Gasteiger partial charge is 0.357 e. The molecule has 0 amide bonds. The maximum atomic E-state index is 5.27. The predicted molar refractivity (Wildman–Crippen MR) is 99.7 cm³/mol. The molecule has 0 unspecified atom stereocenters. The molecule has 0 atom stereocenters.